The molecular formula is C8H16N4S. The first-order chi connectivity index (χ1) is 6.13. The molecule has 3 N–H and O–H groups in total. The van der Waals surface area contributed by atoms with Crippen LogP contribution in [0.1, 0.15) is 19.7 Å². The maximum absolute atomic E-state index is 5.56. The van der Waals surface area contributed by atoms with Crippen LogP contribution in [0.25, 0.3) is 0 Å². The average molecular weight is 200 g/mol. The average Bonchev–Trinajstić information content (AvgIpc) is 2.49. The van der Waals surface area contributed by atoms with Crippen molar-refractivity contribution in [1.29, 1.82) is 0 Å². The van der Waals surface area contributed by atoms with Gasteiger partial charge in [-0.2, -0.15) is 4.37 Å². The van der Waals surface area contributed by atoms with E-state index in [1.807, 2.05) is 6.92 Å². The molecule has 2 atom stereocenters. The molecule has 1 heterocycles. The highest BCUT2D eigenvalue weighted by atomic mass is 32.1. The van der Waals surface area contributed by atoms with Gasteiger partial charge >= 0.3 is 0 Å². The Hall–Kier alpha value is -0.680. The van der Waals surface area contributed by atoms with Crippen LogP contribution in [0.4, 0.5) is 5.13 Å². The Labute approximate surface area is 82.7 Å². The van der Waals surface area contributed by atoms with E-state index in [0.29, 0.717) is 18.5 Å². The van der Waals surface area contributed by atoms with Crippen LogP contribution in [-0.4, -0.2) is 21.9 Å². The number of nitrogens with two attached hydrogens (primary N) is 1. The normalized spacial score (nSPS) is 15.4. The highest BCUT2D eigenvalue weighted by Gasteiger charge is 2.11. The zero-order valence-corrected chi connectivity index (χ0v) is 9.06. The van der Waals surface area contributed by atoms with Crippen molar-refractivity contribution in [2.45, 2.75) is 26.8 Å². The number of nitrogens with zero attached hydrogens (tertiary/aromatic N) is 2. The van der Waals surface area contributed by atoms with Crippen molar-refractivity contribution in [3.63, 3.8) is 0 Å². The van der Waals surface area contributed by atoms with Gasteiger partial charge in [0.2, 0.25) is 5.13 Å². The molecule has 0 aliphatic heterocycles. The molecule has 4 nitrogen and oxygen atoms in total. The van der Waals surface area contributed by atoms with Gasteiger partial charge in [-0.15, -0.1) is 0 Å². The van der Waals surface area contributed by atoms with E-state index in [1.165, 1.54) is 11.5 Å². The van der Waals surface area contributed by atoms with E-state index in [2.05, 4.69) is 28.5 Å². The van der Waals surface area contributed by atoms with Crippen LogP contribution < -0.4 is 11.1 Å². The SMILES string of the molecule is Cc1nsc(NC(C)C(C)CN)n1. The zero-order valence-electron chi connectivity index (χ0n) is 8.24. The minimum absolute atomic E-state index is 0.345. The first kappa shape index (κ1) is 10.4. The lowest BCUT2D eigenvalue weighted by molar-refractivity contribution is 0.521. The highest BCUT2D eigenvalue weighted by Crippen LogP contribution is 2.14. The van der Waals surface area contributed by atoms with Gasteiger partial charge in [0.15, 0.2) is 0 Å². The van der Waals surface area contributed by atoms with Gasteiger partial charge in [0.05, 0.1) is 0 Å². The lowest BCUT2D eigenvalue weighted by atomic mass is 10.1. The number of nitrogens with one attached hydrogen (secondary N) is 1. The second kappa shape index (κ2) is 4.53. The van der Waals surface area contributed by atoms with Gasteiger partial charge in [0, 0.05) is 17.6 Å². The molecule has 5 heteroatoms. The van der Waals surface area contributed by atoms with Crippen molar-refractivity contribution >= 4 is 16.7 Å². The summed E-state index contributed by atoms with van der Waals surface area (Å²) in [4.78, 5) is 4.22. The lowest BCUT2D eigenvalue weighted by Crippen LogP contribution is -2.29. The number of hydrogen-bond donors (Lipinski definition) is 2. The zero-order chi connectivity index (χ0) is 9.84. The monoisotopic (exact) mass is 200 g/mol. The third kappa shape index (κ3) is 2.93. The standard InChI is InChI=1S/C8H16N4S/c1-5(4-9)6(2)10-8-11-7(3)12-13-8/h5-6H,4,9H2,1-3H3,(H,10,11,12). The molecule has 1 aromatic heterocycles. The fraction of sp³-hybridized carbons (Fsp3) is 0.750. The molecule has 74 valence electrons. The number of rotatable bonds is 4. The highest BCUT2D eigenvalue weighted by molar-refractivity contribution is 7.09. The molecule has 0 aliphatic rings. The number of aromatic nitrogens is 2. The summed E-state index contributed by atoms with van der Waals surface area (Å²) in [7, 11) is 0. The minimum Gasteiger partial charge on any atom is -0.358 e. The minimum atomic E-state index is 0.345. The van der Waals surface area contributed by atoms with Crippen LogP contribution in [0.2, 0.25) is 0 Å². The molecule has 0 fully saturated rings. The number of hydrogen-bond acceptors (Lipinski definition) is 5. The van der Waals surface area contributed by atoms with Gasteiger partial charge in [-0.1, -0.05) is 6.92 Å². The maximum Gasteiger partial charge on any atom is 0.202 e. The molecular weight excluding hydrogens is 184 g/mol. The molecule has 0 bridgehead atoms. The summed E-state index contributed by atoms with van der Waals surface area (Å²) in [5.74, 6) is 1.27. The Balaban J connectivity index is 2.49. The summed E-state index contributed by atoms with van der Waals surface area (Å²) in [6.45, 7) is 6.80. The Kier molecular flexibility index (Phi) is 3.62. The van der Waals surface area contributed by atoms with Crippen LogP contribution in [0, 0.1) is 12.8 Å². The molecule has 0 amide bonds. The molecule has 1 rings (SSSR count). The van der Waals surface area contributed by atoms with Gasteiger partial charge in [0.25, 0.3) is 0 Å². The lowest BCUT2D eigenvalue weighted by Gasteiger charge is -2.18. The number of aryl methyl sites for hydroxylation is 1. The van der Waals surface area contributed by atoms with Crippen molar-refractivity contribution in [1.82, 2.24) is 9.36 Å². The molecule has 13 heavy (non-hydrogen) atoms. The topological polar surface area (TPSA) is 63.8 Å². The van der Waals surface area contributed by atoms with E-state index < -0.39 is 0 Å². The van der Waals surface area contributed by atoms with E-state index in [4.69, 9.17) is 5.73 Å². The maximum atomic E-state index is 5.56. The van der Waals surface area contributed by atoms with Crippen LogP contribution >= 0.6 is 11.5 Å². The van der Waals surface area contributed by atoms with Crippen LogP contribution in [0.3, 0.4) is 0 Å². The fourth-order valence-electron chi connectivity index (χ4n) is 0.897. The molecule has 0 radical (unpaired) electrons. The summed E-state index contributed by atoms with van der Waals surface area (Å²) in [6, 6.07) is 0.345. The Morgan fingerprint density at radius 3 is 2.69 bits per heavy atom. The van der Waals surface area contributed by atoms with Crippen molar-refractivity contribution < 1.29 is 0 Å². The quantitative estimate of drug-likeness (QED) is 0.767. The summed E-state index contributed by atoms with van der Waals surface area (Å²) >= 11 is 1.39. The Bertz CT molecular complexity index is 260. The Morgan fingerprint density at radius 1 is 1.54 bits per heavy atom. The van der Waals surface area contributed by atoms with Gasteiger partial charge in [-0.3, -0.25) is 0 Å². The largest absolute Gasteiger partial charge is 0.358 e. The third-order valence-corrected chi connectivity index (χ3v) is 2.84. The summed E-state index contributed by atoms with van der Waals surface area (Å²) in [5, 5.41) is 4.16. The summed E-state index contributed by atoms with van der Waals surface area (Å²) in [6.07, 6.45) is 0. The predicted molar refractivity (Wildman–Crippen MR) is 55.9 cm³/mol. The second-order valence-corrected chi connectivity index (χ2v) is 4.04. The van der Waals surface area contributed by atoms with Gasteiger partial charge in [-0.25, -0.2) is 4.98 Å². The molecule has 0 spiro atoms. The van der Waals surface area contributed by atoms with E-state index in [1.54, 1.807) is 0 Å². The van der Waals surface area contributed by atoms with Crippen LogP contribution in [0.15, 0.2) is 0 Å². The van der Waals surface area contributed by atoms with Crippen LogP contribution in [-0.2, 0) is 0 Å². The molecule has 0 aliphatic carbocycles. The van der Waals surface area contributed by atoms with Crippen LogP contribution in [0.5, 0.6) is 0 Å². The van der Waals surface area contributed by atoms with E-state index >= 15 is 0 Å². The first-order valence-corrected chi connectivity index (χ1v) is 5.17. The van der Waals surface area contributed by atoms with Crippen molar-refractivity contribution in [3.05, 3.63) is 5.82 Å². The van der Waals surface area contributed by atoms with E-state index in [-0.39, 0.29) is 0 Å². The molecule has 0 aromatic carbocycles. The molecule has 0 saturated carbocycles. The van der Waals surface area contributed by atoms with Crippen molar-refractivity contribution in [2.24, 2.45) is 11.7 Å². The molecule has 2 unspecified atom stereocenters. The Morgan fingerprint density at radius 2 is 2.23 bits per heavy atom. The predicted octanol–water partition coefficient (Wildman–Crippen LogP) is 1.24. The number of anilines is 1. The third-order valence-electron chi connectivity index (χ3n) is 2.10. The van der Waals surface area contributed by atoms with Crippen molar-refractivity contribution in [3.8, 4) is 0 Å². The fourth-order valence-corrected chi connectivity index (χ4v) is 1.57. The molecule has 0 saturated heterocycles. The van der Waals surface area contributed by atoms with Crippen molar-refractivity contribution in [2.75, 3.05) is 11.9 Å². The summed E-state index contributed by atoms with van der Waals surface area (Å²) in [5.41, 5.74) is 5.56. The van der Waals surface area contributed by atoms with Gasteiger partial charge in [-0.05, 0) is 26.3 Å². The second-order valence-electron chi connectivity index (χ2n) is 3.29. The first-order valence-electron chi connectivity index (χ1n) is 4.40. The van der Waals surface area contributed by atoms with E-state index in [0.717, 1.165) is 11.0 Å². The van der Waals surface area contributed by atoms with E-state index in [9.17, 15) is 0 Å². The summed E-state index contributed by atoms with van der Waals surface area (Å²) < 4.78 is 4.09. The smallest absolute Gasteiger partial charge is 0.202 e. The van der Waals surface area contributed by atoms with Gasteiger partial charge < -0.3 is 11.1 Å². The van der Waals surface area contributed by atoms with Gasteiger partial charge in [0.1, 0.15) is 5.82 Å². The molecule has 1 aromatic rings.